The predicted molar refractivity (Wildman–Crippen MR) is 137 cm³/mol. The zero-order chi connectivity index (χ0) is 25.2. The van der Waals surface area contributed by atoms with Gasteiger partial charge in [-0.1, -0.05) is 30.7 Å². The normalized spacial score (nSPS) is 16.8. The van der Waals surface area contributed by atoms with Crippen LogP contribution in [0.5, 0.6) is 11.5 Å². The van der Waals surface area contributed by atoms with Gasteiger partial charge >= 0.3 is 10.1 Å². The van der Waals surface area contributed by atoms with E-state index in [1.54, 1.807) is 31.2 Å². The zero-order valence-electron chi connectivity index (χ0n) is 19.4. The molecule has 0 saturated heterocycles. The first-order valence-corrected chi connectivity index (χ1v) is 13.2. The summed E-state index contributed by atoms with van der Waals surface area (Å²) >= 11 is 1.29. The van der Waals surface area contributed by atoms with Crippen LogP contribution in [0.25, 0.3) is 6.08 Å². The molecule has 0 fully saturated rings. The lowest BCUT2D eigenvalue weighted by Gasteiger charge is -2.20. The van der Waals surface area contributed by atoms with Crippen molar-refractivity contribution in [2.75, 3.05) is 6.61 Å². The Labute approximate surface area is 208 Å². The molecule has 9 nitrogen and oxygen atoms in total. The molecule has 0 aliphatic carbocycles. The third kappa shape index (κ3) is 5.30. The summed E-state index contributed by atoms with van der Waals surface area (Å²) in [7, 11) is -4.07. The molecule has 11 heteroatoms. The van der Waals surface area contributed by atoms with Crippen molar-refractivity contribution in [1.82, 2.24) is 5.01 Å². The van der Waals surface area contributed by atoms with Crippen LogP contribution in [0.15, 0.2) is 63.0 Å². The van der Waals surface area contributed by atoms with E-state index in [1.165, 1.54) is 41.0 Å². The molecule has 2 aliphatic heterocycles. The van der Waals surface area contributed by atoms with Crippen LogP contribution in [0.4, 0.5) is 0 Å². The number of aryl methyl sites for hydroxylation is 1. The monoisotopic (exact) mass is 512 g/mol. The van der Waals surface area contributed by atoms with Gasteiger partial charge in [-0.05, 0) is 74.4 Å². The number of amidine groups is 2. The third-order valence-corrected chi connectivity index (χ3v) is 7.26. The highest BCUT2D eigenvalue weighted by Crippen LogP contribution is 2.34. The minimum absolute atomic E-state index is 0.0182. The van der Waals surface area contributed by atoms with Gasteiger partial charge in [0, 0.05) is 0 Å². The summed E-state index contributed by atoms with van der Waals surface area (Å²) in [5.74, 6) is -0.401. The van der Waals surface area contributed by atoms with Gasteiger partial charge in [-0.25, -0.2) is 0 Å². The molecular weight excluding hydrogens is 488 g/mol. The van der Waals surface area contributed by atoms with Crippen LogP contribution < -0.4 is 8.92 Å². The SMILES string of the molecule is CCCC1=NN2C(=N)/C(=C\c3ccc(OS(=O)(=O)c4ccc(C)cc4)c(OCC)c3)C(=O)N=C2S1. The molecule has 0 radical (unpaired) electrons. The summed E-state index contributed by atoms with van der Waals surface area (Å²) in [6, 6.07) is 10.9. The number of rotatable bonds is 8. The molecule has 0 saturated carbocycles. The Morgan fingerprint density at radius 1 is 1.11 bits per heavy atom. The Morgan fingerprint density at radius 3 is 2.54 bits per heavy atom. The number of carbonyl (C=O) groups excluding carboxylic acids is 1. The standard InChI is InChI=1S/C24H24N4O5S2/c1-4-6-21-27-28-22(25)18(23(29)26-24(28)34-21)13-16-9-12-19(20(14-16)32-5-2)33-35(30,31)17-10-7-15(3)8-11-17/h7-14,25H,4-6H2,1-3H3/b18-13+,25-22?. The highest BCUT2D eigenvalue weighted by Gasteiger charge is 2.35. The van der Waals surface area contributed by atoms with Gasteiger partial charge in [0.25, 0.3) is 5.91 Å². The minimum Gasteiger partial charge on any atom is -0.490 e. The van der Waals surface area contributed by atoms with Crippen LogP contribution in [0.3, 0.4) is 0 Å². The van der Waals surface area contributed by atoms with Crippen molar-refractivity contribution in [3.63, 3.8) is 0 Å². The molecule has 2 aliphatic rings. The summed E-state index contributed by atoms with van der Waals surface area (Å²) in [5, 5.41) is 15.4. The summed E-state index contributed by atoms with van der Waals surface area (Å²) in [6.45, 7) is 5.92. The molecule has 182 valence electrons. The largest absolute Gasteiger partial charge is 0.490 e. The molecule has 1 amide bonds. The number of aliphatic imine (C=N–C) groups is 1. The van der Waals surface area contributed by atoms with Gasteiger partial charge in [0.2, 0.25) is 5.17 Å². The molecule has 0 atom stereocenters. The molecule has 2 aromatic rings. The quantitative estimate of drug-likeness (QED) is 0.406. The van der Waals surface area contributed by atoms with Crippen LogP contribution in [-0.2, 0) is 14.9 Å². The molecule has 0 aromatic heterocycles. The molecule has 0 unspecified atom stereocenters. The van der Waals surface area contributed by atoms with Gasteiger partial charge < -0.3 is 8.92 Å². The van der Waals surface area contributed by atoms with Crippen molar-refractivity contribution in [2.24, 2.45) is 10.1 Å². The van der Waals surface area contributed by atoms with Gasteiger partial charge in [0.15, 0.2) is 17.3 Å². The van der Waals surface area contributed by atoms with E-state index in [2.05, 4.69) is 10.1 Å². The van der Waals surface area contributed by atoms with E-state index >= 15 is 0 Å². The second-order valence-electron chi connectivity index (χ2n) is 7.75. The van der Waals surface area contributed by atoms with Crippen molar-refractivity contribution >= 4 is 49.9 Å². The van der Waals surface area contributed by atoms with Gasteiger partial charge in [0.1, 0.15) is 9.94 Å². The number of amides is 1. The van der Waals surface area contributed by atoms with Crippen molar-refractivity contribution in [1.29, 1.82) is 5.41 Å². The van der Waals surface area contributed by atoms with E-state index in [9.17, 15) is 13.2 Å². The predicted octanol–water partition coefficient (Wildman–Crippen LogP) is 4.58. The minimum atomic E-state index is -4.07. The van der Waals surface area contributed by atoms with E-state index in [1.807, 2.05) is 13.8 Å². The second-order valence-corrected chi connectivity index (χ2v) is 10.3. The Morgan fingerprint density at radius 2 is 1.86 bits per heavy atom. The molecule has 2 heterocycles. The number of benzene rings is 2. The van der Waals surface area contributed by atoms with Crippen molar-refractivity contribution < 1.29 is 22.1 Å². The first kappa shape index (κ1) is 24.7. The zero-order valence-corrected chi connectivity index (χ0v) is 21.1. The summed E-state index contributed by atoms with van der Waals surface area (Å²) < 4.78 is 36.4. The second kappa shape index (κ2) is 10.0. The van der Waals surface area contributed by atoms with Crippen molar-refractivity contribution in [3.05, 3.63) is 59.2 Å². The first-order chi connectivity index (χ1) is 16.7. The highest BCUT2D eigenvalue weighted by atomic mass is 32.2. The third-order valence-electron chi connectivity index (χ3n) is 5.05. The van der Waals surface area contributed by atoms with Crippen LogP contribution in [0.2, 0.25) is 0 Å². The smallest absolute Gasteiger partial charge is 0.339 e. The number of hydrazone groups is 1. The van der Waals surface area contributed by atoms with E-state index in [0.717, 1.165) is 23.4 Å². The lowest BCUT2D eigenvalue weighted by molar-refractivity contribution is -0.114. The van der Waals surface area contributed by atoms with E-state index in [0.29, 0.717) is 10.7 Å². The lowest BCUT2D eigenvalue weighted by Crippen LogP contribution is -2.35. The van der Waals surface area contributed by atoms with Gasteiger partial charge in [0.05, 0.1) is 12.2 Å². The maximum absolute atomic E-state index is 12.7. The lowest BCUT2D eigenvalue weighted by atomic mass is 10.1. The summed E-state index contributed by atoms with van der Waals surface area (Å²) in [4.78, 5) is 16.7. The Hall–Kier alpha value is -3.44. The number of thioether (sulfide) groups is 1. The number of hydrogen-bond acceptors (Lipinski definition) is 8. The Kier molecular flexibility index (Phi) is 7.08. The molecule has 0 spiro atoms. The Balaban J connectivity index is 1.63. The molecule has 35 heavy (non-hydrogen) atoms. The number of nitrogens with zero attached hydrogens (tertiary/aromatic N) is 3. The fourth-order valence-electron chi connectivity index (χ4n) is 3.34. The molecule has 1 N–H and O–H groups in total. The molecule has 2 aromatic carbocycles. The van der Waals surface area contributed by atoms with Crippen LogP contribution in [0, 0.1) is 12.3 Å². The summed E-state index contributed by atoms with van der Waals surface area (Å²) in [6.07, 6.45) is 3.14. The highest BCUT2D eigenvalue weighted by molar-refractivity contribution is 8.26. The van der Waals surface area contributed by atoms with Crippen molar-refractivity contribution in [2.45, 2.75) is 38.5 Å². The number of fused-ring (bicyclic) bond motifs is 1. The van der Waals surface area contributed by atoms with Crippen LogP contribution in [0.1, 0.15) is 37.8 Å². The number of hydrogen-bond donors (Lipinski definition) is 1. The molecular formula is C24H24N4O5S2. The van der Waals surface area contributed by atoms with Crippen molar-refractivity contribution in [3.8, 4) is 11.5 Å². The topological polar surface area (TPSA) is 121 Å². The average Bonchev–Trinajstić information content (AvgIpc) is 3.21. The van der Waals surface area contributed by atoms with Gasteiger partial charge in [-0.2, -0.15) is 23.5 Å². The number of ether oxygens (including phenoxy) is 1. The average molecular weight is 513 g/mol. The maximum atomic E-state index is 12.7. The number of carbonyl (C=O) groups is 1. The van der Waals surface area contributed by atoms with E-state index in [4.69, 9.17) is 14.3 Å². The summed E-state index contributed by atoms with van der Waals surface area (Å²) in [5.41, 5.74) is 1.51. The van der Waals surface area contributed by atoms with Crippen LogP contribution >= 0.6 is 11.8 Å². The fraction of sp³-hybridized carbons (Fsp3) is 0.250. The maximum Gasteiger partial charge on any atom is 0.339 e. The first-order valence-electron chi connectivity index (χ1n) is 11.0. The van der Waals surface area contributed by atoms with Gasteiger partial charge in [-0.15, -0.1) is 0 Å². The van der Waals surface area contributed by atoms with E-state index < -0.39 is 16.0 Å². The Bertz CT molecular complexity index is 1380. The van der Waals surface area contributed by atoms with E-state index in [-0.39, 0.29) is 34.4 Å². The molecule has 0 bridgehead atoms. The van der Waals surface area contributed by atoms with Gasteiger partial charge in [-0.3, -0.25) is 10.2 Å². The number of nitrogens with one attached hydrogen (secondary N) is 1. The fourth-order valence-corrected chi connectivity index (χ4v) is 5.26. The van der Waals surface area contributed by atoms with Crippen LogP contribution in [-0.4, -0.2) is 42.0 Å². The molecule has 4 rings (SSSR count).